The highest BCUT2D eigenvalue weighted by Gasteiger charge is 1.91. The van der Waals surface area contributed by atoms with Crippen LogP contribution in [0.1, 0.15) is 70.3 Å². The van der Waals surface area contributed by atoms with Crippen molar-refractivity contribution in [2.24, 2.45) is 0 Å². The van der Waals surface area contributed by atoms with Crippen LogP contribution in [-0.2, 0) is 0 Å². The standard InChI is InChI=1S/C12H27N.C8H8O/c1-3-4-5-6-7-8-9-10-11-12-13-2;1-2-7-5-3-4-6-8(7)9/h13H,3-12H2,1-2H3;2-6,9H,1H2. The lowest BCUT2D eigenvalue weighted by Gasteiger charge is -2.01. The van der Waals surface area contributed by atoms with Crippen molar-refractivity contribution in [3.63, 3.8) is 0 Å². The molecule has 2 heteroatoms. The van der Waals surface area contributed by atoms with E-state index in [1.54, 1.807) is 18.2 Å². The van der Waals surface area contributed by atoms with Gasteiger partial charge in [-0.05, 0) is 26.1 Å². The summed E-state index contributed by atoms with van der Waals surface area (Å²) in [5, 5.41) is 12.2. The average Bonchev–Trinajstić information content (AvgIpc) is 2.54. The van der Waals surface area contributed by atoms with Crippen molar-refractivity contribution < 1.29 is 5.11 Å². The molecule has 0 bridgehead atoms. The predicted molar refractivity (Wildman–Crippen MR) is 99.4 cm³/mol. The molecule has 0 aliphatic rings. The van der Waals surface area contributed by atoms with Gasteiger partial charge in [-0.2, -0.15) is 0 Å². The Morgan fingerprint density at radius 2 is 1.50 bits per heavy atom. The first-order valence-electron chi connectivity index (χ1n) is 8.81. The SMILES string of the molecule is C=Cc1ccccc1O.CCCCCCCCCCCNC. The Kier molecular flexibility index (Phi) is 15.2. The fourth-order valence-electron chi connectivity index (χ4n) is 2.27. The number of unbranched alkanes of at least 4 members (excludes halogenated alkanes) is 8. The molecule has 0 saturated carbocycles. The molecule has 1 rings (SSSR count). The van der Waals surface area contributed by atoms with E-state index in [0.29, 0.717) is 0 Å². The van der Waals surface area contributed by atoms with Gasteiger partial charge in [-0.25, -0.2) is 0 Å². The zero-order valence-corrected chi connectivity index (χ0v) is 14.6. The molecule has 0 aliphatic carbocycles. The second-order valence-electron chi connectivity index (χ2n) is 5.69. The van der Waals surface area contributed by atoms with E-state index >= 15 is 0 Å². The molecule has 22 heavy (non-hydrogen) atoms. The van der Waals surface area contributed by atoms with Gasteiger partial charge in [0.05, 0.1) is 0 Å². The van der Waals surface area contributed by atoms with E-state index < -0.39 is 0 Å². The van der Waals surface area contributed by atoms with E-state index in [0.717, 1.165) is 5.56 Å². The first-order valence-corrected chi connectivity index (χ1v) is 8.81. The summed E-state index contributed by atoms with van der Waals surface area (Å²) in [5.41, 5.74) is 0.775. The van der Waals surface area contributed by atoms with E-state index in [1.807, 2.05) is 19.2 Å². The van der Waals surface area contributed by atoms with Crippen LogP contribution in [0.2, 0.25) is 0 Å². The number of hydrogen-bond donors (Lipinski definition) is 2. The number of phenols is 1. The Morgan fingerprint density at radius 3 is 1.95 bits per heavy atom. The Labute approximate surface area is 137 Å². The maximum absolute atomic E-state index is 9.04. The molecule has 2 N–H and O–H groups in total. The van der Waals surface area contributed by atoms with E-state index in [1.165, 1.54) is 64.3 Å². The maximum atomic E-state index is 9.04. The lowest BCUT2D eigenvalue weighted by molar-refractivity contribution is 0.474. The van der Waals surface area contributed by atoms with Crippen LogP contribution >= 0.6 is 0 Å². The summed E-state index contributed by atoms with van der Waals surface area (Å²) in [5.74, 6) is 0.285. The van der Waals surface area contributed by atoms with Crippen LogP contribution in [0.15, 0.2) is 30.8 Å². The van der Waals surface area contributed by atoms with Crippen molar-refractivity contribution >= 4 is 6.08 Å². The topological polar surface area (TPSA) is 32.3 Å². The van der Waals surface area contributed by atoms with E-state index in [4.69, 9.17) is 5.11 Å². The summed E-state index contributed by atoms with van der Waals surface area (Å²) in [6.45, 7) is 7.00. The number of hydrogen-bond acceptors (Lipinski definition) is 2. The van der Waals surface area contributed by atoms with Crippen LogP contribution in [0.3, 0.4) is 0 Å². The number of aromatic hydroxyl groups is 1. The highest BCUT2D eigenvalue weighted by atomic mass is 16.3. The van der Waals surface area contributed by atoms with Crippen LogP contribution in [0.25, 0.3) is 6.08 Å². The zero-order valence-electron chi connectivity index (χ0n) is 14.6. The minimum Gasteiger partial charge on any atom is -0.507 e. The smallest absolute Gasteiger partial charge is 0.122 e. The van der Waals surface area contributed by atoms with Crippen molar-refractivity contribution in [1.29, 1.82) is 0 Å². The number of benzene rings is 1. The molecule has 0 aliphatic heterocycles. The lowest BCUT2D eigenvalue weighted by atomic mass is 10.1. The summed E-state index contributed by atoms with van der Waals surface area (Å²) in [6, 6.07) is 7.08. The molecule has 0 fully saturated rings. The average molecular weight is 306 g/mol. The fourth-order valence-corrected chi connectivity index (χ4v) is 2.27. The first kappa shape index (κ1) is 20.7. The molecule has 0 saturated heterocycles. The molecule has 0 radical (unpaired) electrons. The molecule has 1 aromatic carbocycles. The van der Waals surface area contributed by atoms with E-state index in [2.05, 4.69) is 18.8 Å². The van der Waals surface area contributed by atoms with Gasteiger partial charge >= 0.3 is 0 Å². The molecule has 0 spiro atoms. The summed E-state index contributed by atoms with van der Waals surface area (Å²) >= 11 is 0. The Morgan fingerprint density at radius 1 is 0.955 bits per heavy atom. The van der Waals surface area contributed by atoms with Crippen LogP contribution in [-0.4, -0.2) is 18.7 Å². The maximum Gasteiger partial charge on any atom is 0.122 e. The number of phenolic OH excluding ortho intramolecular Hbond substituents is 1. The molecule has 0 unspecified atom stereocenters. The third-order valence-electron chi connectivity index (χ3n) is 3.69. The Balaban J connectivity index is 0.000000425. The zero-order chi connectivity index (χ0) is 16.5. The normalized spacial score (nSPS) is 9.91. The van der Waals surface area contributed by atoms with Gasteiger partial charge in [0.1, 0.15) is 5.75 Å². The quantitative estimate of drug-likeness (QED) is 0.508. The van der Waals surface area contributed by atoms with Gasteiger partial charge in [-0.1, -0.05) is 89.1 Å². The van der Waals surface area contributed by atoms with Gasteiger partial charge in [-0.3, -0.25) is 0 Å². The molecule has 0 amide bonds. The first-order chi connectivity index (χ1) is 10.8. The fraction of sp³-hybridized carbons (Fsp3) is 0.600. The predicted octanol–water partition coefficient (Wildman–Crippen LogP) is 5.77. The van der Waals surface area contributed by atoms with Crippen LogP contribution in [0.4, 0.5) is 0 Å². The summed E-state index contributed by atoms with van der Waals surface area (Å²) in [7, 11) is 2.03. The number of para-hydroxylation sites is 1. The van der Waals surface area contributed by atoms with Crippen molar-refractivity contribution in [1.82, 2.24) is 5.32 Å². The molecule has 0 atom stereocenters. The van der Waals surface area contributed by atoms with Gasteiger partial charge in [-0.15, -0.1) is 0 Å². The molecular weight excluding hydrogens is 270 g/mol. The Bertz CT molecular complexity index is 352. The molecular formula is C20H35NO. The molecule has 2 nitrogen and oxygen atoms in total. The van der Waals surface area contributed by atoms with Gasteiger partial charge in [0.2, 0.25) is 0 Å². The lowest BCUT2D eigenvalue weighted by Crippen LogP contribution is -2.06. The van der Waals surface area contributed by atoms with Crippen LogP contribution in [0, 0.1) is 0 Å². The number of rotatable bonds is 11. The van der Waals surface area contributed by atoms with Gasteiger partial charge in [0, 0.05) is 5.56 Å². The van der Waals surface area contributed by atoms with E-state index in [9.17, 15) is 0 Å². The van der Waals surface area contributed by atoms with E-state index in [-0.39, 0.29) is 5.75 Å². The number of nitrogens with one attached hydrogen (secondary N) is 1. The van der Waals surface area contributed by atoms with Gasteiger partial charge in [0.25, 0.3) is 0 Å². The third kappa shape index (κ3) is 12.5. The monoisotopic (exact) mass is 305 g/mol. The largest absolute Gasteiger partial charge is 0.507 e. The highest BCUT2D eigenvalue weighted by Crippen LogP contribution is 2.15. The van der Waals surface area contributed by atoms with Gasteiger partial charge < -0.3 is 10.4 Å². The minimum atomic E-state index is 0.285. The summed E-state index contributed by atoms with van der Waals surface area (Å²) < 4.78 is 0. The van der Waals surface area contributed by atoms with Crippen molar-refractivity contribution in [3.05, 3.63) is 36.4 Å². The van der Waals surface area contributed by atoms with Crippen LogP contribution in [0.5, 0.6) is 5.75 Å². The van der Waals surface area contributed by atoms with Crippen LogP contribution < -0.4 is 5.32 Å². The highest BCUT2D eigenvalue weighted by molar-refractivity contribution is 5.54. The summed E-state index contributed by atoms with van der Waals surface area (Å²) in [6.07, 6.45) is 14.4. The minimum absolute atomic E-state index is 0.285. The third-order valence-corrected chi connectivity index (χ3v) is 3.69. The van der Waals surface area contributed by atoms with Crippen molar-refractivity contribution in [2.45, 2.75) is 64.7 Å². The summed E-state index contributed by atoms with van der Waals surface area (Å²) in [4.78, 5) is 0. The van der Waals surface area contributed by atoms with Crippen molar-refractivity contribution in [2.75, 3.05) is 13.6 Å². The molecule has 0 heterocycles. The second-order valence-corrected chi connectivity index (χ2v) is 5.69. The van der Waals surface area contributed by atoms with Gasteiger partial charge in [0.15, 0.2) is 0 Å². The second kappa shape index (κ2) is 16.1. The molecule has 126 valence electrons. The van der Waals surface area contributed by atoms with Crippen molar-refractivity contribution in [3.8, 4) is 5.75 Å². The molecule has 1 aromatic rings. The molecule has 0 aromatic heterocycles. The Hall–Kier alpha value is -1.28.